The summed E-state index contributed by atoms with van der Waals surface area (Å²) >= 11 is 0. The first-order chi connectivity index (χ1) is 9.21. The van der Waals surface area contributed by atoms with Crippen LogP contribution in [0, 0.1) is 0 Å². The number of nitrogens with one attached hydrogen (secondary N) is 1. The summed E-state index contributed by atoms with van der Waals surface area (Å²) in [7, 11) is -1.75. The highest BCUT2D eigenvalue weighted by Gasteiger charge is 2.21. The Hall–Kier alpha value is -1.37. The number of aromatic nitrogens is 1. The predicted octanol–water partition coefficient (Wildman–Crippen LogP) is 1.62. The van der Waals surface area contributed by atoms with E-state index >= 15 is 0 Å². The zero-order chi connectivity index (χ0) is 15.0. The van der Waals surface area contributed by atoms with Crippen LogP contribution in [0.2, 0.25) is 0 Å². The van der Waals surface area contributed by atoms with E-state index < -0.39 is 15.6 Å². The summed E-state index contributed by atoms with van der Waals surface area (Å²) in [5.74, 6) is 0. The summed E-state index contributed by atoms with van der Waals surface area (Å²) in [6.45, 7) is 3.51. The lowest BCUT2D eigenvalue weighted by Gasteiger charge is -2.16. The van der Waals surface area contributed by atoms with E-state index in [1.54, 1.807) is 30.7 Å². The van der Waals surface area contributed by atoms with Gasteiger partial charge in [0.2, 0.25) is 10.0 Å². The van der Waals surface area contributed by atoms with Gasteiger partial charge in [0, 0.05) is 30.7 Å². The van der Waals surface area contributed by atoms with E-state index in [1.165, 1.54) is 0 Å². The Kier molecular flexibility index (Phi) is 3.90. The number of hydrogen-bond acceptors (Lipinski definition) is 3. The highest BCUT2D eigenvalue weighted by molar-refractivity contribution is 7.89. The van der Waals surface area contributed by atoms with Crippen molar-refractivity contribution in [3.63, 3.8) is 0 Å². The topological polar surface area (TPSA) is 71.3 Å². The molecular formula is C14H20N2O3S. The minimum atomic E-state index is -3.57. The van der Waals surface area contributed by atoms with Crippen molar-refractivity contribution in [3.8, 4) is 0 Å². The maximum atomic E-state index is 12.3. The Morgan fingerprint density at radius 1 is 1.30 bits per heavy atom. The molecule has 0 fully saturated rings. The van der Waals surface area contributed by atoms with E-state index in [1.807, 2.05) is 25.2 Å². The van der Waals surface area contributed by atoms with Crippen LogP contribution in [0.15, 0.2) is 35.4 Å². The van der Waals surface area contributed by atoms with Gasteiger partial charge in [0.25, 0.3) is 0 Å². The first-order valence-corrected chi connectivity index (χ1v) is 7.95. The van der Waals surface area contributed by atoms with Crippen molar-refractivity contribution in [2.24, 2.45) is 7.05 Å². The predicted molar refractivity (Wildman–Crippen MR) is 79.0 cm³/mol. The normalized spacial score (nSPS) is 13.0. The molecule has 0 unspecified atom stereocenters. The van der Waals surface area contributed by atoms with E-state index in [4.69, 9.17) is 0 Å². The molecule has 0 aliphatic rings. The number of benzene rings is 1. The summed E-state index contributed by atoms with van der Waals surface area (Å²) in [4.78, 5) is 0.270. The van der Waals surface area contributed by atoms with Gasteiger partial charge in [0.1, 0.15) is 4.90 Å². The summed E-state index contributed by atoms with van der Waals surface area (Å²) in [5, 5.41) is 10.3. The largest absolute Gasteiger partial charge is 0.390 e. The first-order valence-electron chi connectivity index (χ1n) is 6.47. The Bertz CT molecular complexity index is 712. The van der Waals surface area contributed by atoms with Crippen LogP contribution in [-0.4, -0.2) is 30.2 Å². The van der Waals surface area contributed by atoms with Gasteiger partial charge in [-0.3, -0.25) is 0 Å². The molecule has 1 aromatic carbocycles. The van der Waals surface area contributed by atoms with Gasteiger partial charge >= 0.3 is 0 Å². The zero-order valence-corrected chi connectivity index (χ0v) is 12.7. The van der Waals surface area contributed by atoms with Crippen molar-refractivity contribution >= 4 is 20.9 Å². The van der Waals surface area contributed by atoms with E-state index in [-0.39, 0.29) is 11.4 Å². The average Bonchev–Trinajstić information content (AvgIpc) is 2.66. The van der Waals surface area contributed by atoms with Gasteiger partial charge in [0.15, 0.2) is 0 Å². The first kappa shape index (κ1) is 15.0. The molecule has 20 heavy (non-hydrogen) atoms. The van der Waals surface area contributed by atoms with Gasteiger partial charge in [0.05, 0.1) is 5.60 Å². The molecule has 2 N–H and O–H groups in total. The van der Waals surface area contributed by atoms with E-state index in [9.17, 15) is 13.5 Å². The molecular weight excluding hydrogens is 276 g/mol. The van der Waals surface area contributed by atoms with Crippen LogP contribution >= 0.6 is 0 Å². The fourth-order valence-electron chi connectivity index (χ4n) is 2.09. The lowest BCUT2D eigenvalue weighted by Crippen LogP contribution is -2.30. The summed E-state index contributed by atoms with van der Waals surface area (Å²) < 4.78 is 29.0. The zero-order valence-electron chi connectivity index (χ0n) is 11.9. The third-order valence-corrected chi connectivity index (χ3v) is 4.67. The van der Waals surface area contributed by atoms with Crippen LogP contribution in [0.3, 0.4) is 0 Å². The molecule has 2 rings (SSSR count). The average molecular weight is 296 g/mol. The molecule has 0 amide bonds. The Balaban J connectivity index is 2.28. The number of fused-ring (bicyclic) bond motifs is 1. The Morgan fingerprint density at radius 3 is 2.60 bits per heavy atom. The molecule has 6 heteroatoms. The number of aliphatic hydroxyl groups is 1. The van der Waals surface area contributed by atoms with Gasteiger partial charge in [-0.25, -0.2) is 13.1 Å². The number of sulfonamides is 1. The summed E-state index contributed by atoms with van der Waals surface area (Å²) in [5.41, 5.74) is -0.0169. The third kappa shape index (κ3) is 3.20. The standard InChI is InChI=1S/C14H20N2O3S/c1-14(2,17)8-9-15-20(18,19)13-10-16(3)12-7-5-4-6-11(12)13/h4-7,10,15,17H,8-9H2,1-3H3. The van der Waals surface area contributed by atoms with E-state index in [0.717, 1.165) is 5.52 Å². The molecule has 0 saturated carbocycles. The van der Waals surface area contributed by atoms with Crippen molar-refractivity contribution < 1.29 is 13.5 Å². The molecule has 5 nitrogen and oxygen atoms in total. The lowest BCUT2D eigenvalue weighted by molar-refractivity contribution is 0.0728. The Labute approximate surface area is 119 Å². The second kappa shape index (κ2) is 5.20. The molecule has 2 aromatic rings. The second-order valence-corrected chi connectivity index (χ2v) is 7.32. The summed E-state index contributed by atoms with van der Waals surface area (Å²) in [6, 6.07) is 7.36. The maximum absolute atomic E-state index is 12.3. The highest BCUT2D eigenvalue weighted by Crippen LogP contribution is 2.24. The SMILES string of the molecule is Cn1cc(S(=O)(=O)NCCC(C)(C)O)c2ccccc21. The number of para-hydroxylation sites is 1. The van der Waals surface area contributed by atoms with Crippen LogP contribution in [0.25, 0.3) is 10.9 Å². The van der Waals surface area contributed by atoms with Crippen molar-refractivity contribution in [1.82, 2.24) is 9.29 Å². The minimum Gasteiger partial charge on any atom is -0.390 e. The van der Waals surface area contributed by atoms with Crippen molar-refractivity contribution in [2.75, 3.05) is 6.54 Å². The molecule has 110 valence electrons. The van der Waals surface area contributed by atoms with Gasteiger partial charge in [-0.2, -0.15) is 0 Å². The molecule has 0 aliphatic heterocycles. The van der Waals surface area contributed by atoms with Gasteiger partial charge in [-0.05, 0) is 26.3 Å². The van der Waals surface area contributed by atoms with E-state index in [0.29, 0.717) is 11.8 Å². The third-order valence-electron chi connectivity index (χ3n) is 3.18. The van der Waals surface area contributed by atoms with Crippen molar-refractivity contribution in [3.05, 3.63) is 30.5 Å². The fraction of sp³-hybridized carbons (Fsp3) is 0.429. The molecule has 1 heterocycles. The molecule has 0 atom stereocenters. The molecule has 1 aromatic heterocycles. The van der Waals surface area contributed by atoms with Crippen LogP contribution < -0.4 is 4.72 Å². The monoisotopic (exact) mass is 296 g/mol. The smallest absolute Gasteiger partial charge is 0.242 e. The van der Waals surface area contributed by atoms with Crippen LogP contribution in [-0.2, 0) is 17.1 Å². The molecule has 0 saturated heterocycles. The minimum absolute atomic E-state index is 0.203. The lowest BCUT2D eigenvalue weighted by atomic mass is 10.1. The van der Waals surface area contributed by atoms with Crippen LogP contribution in [0.4, 0.5) is 0 Å². The summed E-state index contributed by atoms with van der Waals surface area (Å²) in [6.07, 6.45) is 1.97. The molecule has 0 spiro atoms. The van der Waals surface area contributed by atoms with E-state index in [2.05, 4.69) is 4.72 Å². The van der Waals surface area contributed by atoms with Gasteiger partial charge in [-0.1, -0.05) is 18.2 Å². The number of aryl methyl sites for hydroxylation is 1. The van der Waals surface area contributed by atoms with Gasteiger partial charge in [-0.15, -0.1) is 0 Å². The van der Waals surface area contributed by atoms with Crippen molar-refractivity contribution in [2.45, 2.75) is 30.8 Å². The molecule has 0 radical (unpaired) electrons. The quantitative estimate of drug-likeness (QED) is 0.880. The number of nitrogens with zero attached hydrogens (tertiary/aromatic N) is 1. The molecule has 0 bridgehead atoms. The molecule has 0 aliphatic carbocycles. The second-order valence-electron chi connectivity index (χ2n) is 5.58. The van der Waals surface area contributed by atoms with Crippen molar-refractivity contribution in [1.29, 1.82) is 0 Å². The number of rotatable bonds is 5. The van der Waals surface area contributed by atoms with Crippen LogP contribution in [0.5, 0.6) is 0 Å². The highest BCUT2D eigenvalue weighted by atomic mass is 32.2. The number of hydrogen-bond donors (Lipinski definition) is 2. The van der Waals surface area contributed by atoms with Crippen LogP contribution in [0.1, 0.15) is 20.3 Å². The van der Waals surface area contributed by atoms with Gasteiger partial charge < -0.3 is 9.67 Å². The fourth-order valence-corrected chi connectivity index (χ4v) is 3.37. The maximum Gasteiger partial charge on any atom is 0.242 e. The Morgan fingerprint density at radius 2 is 1.95 bits per heavy atom.